The Labute approximate surface area is 199 Å². The zero-order valence-electron chi connectivity index (χ0n) is 18.8. The highest BCUT2D eigenvalue weighted by Gasteiger charge is 2.30. The Bertz CT molecular complexity index is 1200. The van der Waals surface area contributed by atoms with Crippen LogP contribution in [-0.4, -0.2) is 47.9 Å². The van der Waals surface area contributed by atoms with Gasteiger partial charge in [-0.3, -0.25) is 4.79 Å². The van der Waals surface area contributed by atoms with Crippen molar-refractivity contribution in [3.63, 3.8) is 0 Å². The number of piperidine rings is 1. The summed E-state index contributed by atoms with van der Waals surface area (Å²) in [7, 11) is -3.53. The maximum atomic E-state index is 12.9. The van der Waals surface area contributed by atoms with Crippen LogP contribution in [0.1, 0.15) is 18.4 Å². The van der Waals surface area contributed by atoms with Gasteiger partial charge >= 0.3 is 0 Å². The summed E-state index contributed by atoms with van der Waals surface area (Å²) in [5, 5.41) is 4.20. The van der Waals surface area contributed by atoms with Crippen molar-refractivity contribution in [2.45, 2.75) is 19.4 Å². The number of benzene rings is 2. The molecule has 9 heteroatoms. The lowest BCUT2D eigenvalue weighted by atomic mass is 9.97. The number of rotatable bonds is 9. The highest BCUT2D eigenvalue weighted by Crippen LogP contribution is 2.27. The second kappa shape index (κ2) is 11.1. The molecule has 0 spiro atoms. The van der Waals surface area contributed by atoms with Crippen LogP contribution in [0, 0.1) is 5.92 Å². The van der Waals surface area contributed by atoms with Gasteiger partial charge in [-0.2, -0.15) is 4.31 Å². The Hall–Kier alpha value is -3.43. The fourth-order valence-corrected chi connectivity index (χ4v) is 5.02. The van der Waals surface area contributed by atoms with Crippen molar-refractivity contribution in [3.05, 3.63) is 84.3 Å². The van der Waals surface area contributed by atoms with E-state index in [2.05, 4.69) is 10.3 Å². The van der Waals surface area contributed by atoms with Crippen molar-refractivity contribution in [2.24, 2.45) is 5.92 Å². The fraction of sp³-hybridized carbons (Fsp3) is 0.280. The number of para-hydroxylation sites is 2. The molecule has 0 saturated carbocycles. The number of sulfonamides is 1. The van der Waals surface area contributed by atoms with Gasteiger partial charge in [-0.25, -0.2) is 13.4 Å². The minimum Gasteiger partial charge on any atom is -0.490 e. The third kappa shape index (κ3) is 6.33. The van der Waals surface area contributed by atoms with Crippen LogP contribution < -0.4 is 10.1 Å². The first-order valence-corrected chi connectivity index (χ1v) is 12.7. The van der Waals surface area contributed by atoms with Crippen molar-refractivity contribution in [1.29, 1.82) is 0 Å². The van der Waals surface area contributed by atoms with Gasteiger partial charge in [-0.1, -0.05) is 42.5 Å². The number of ether oxygens (including phenoxy) is 1. The maximum absolute atomic E-state index is 12.9. The number of anilines is 1. The monoisotopic (exact) mass is 480 g/mol. The first kappa shape index (κ1) is 23.7. The zero-order chi connectivity index (χ0) is 23.8. The van der Waals surface area contributed by atoms with E-state index >= 15 is 0 Å². The lowest BCUT2D eigenvalue weighted by molar-refractivity contribution is -0.120. The van der Waals surface area contributed by atoms with Crippen LogP contribution in [0.25, 0.3) is 6.08 Å². The van der Waals surface area contributed by atoms with E-state index in [4.69, 9.17) is 4.74 Å². The SMILES string of the molecule is O=C(Nc1ccccc1OCCn1ccnc1)C1CCN(S(=O)(=O)/C=C\c2ccccc2)CC1. The Morgan fingerprint density at radius 3 is 2.56 bits per heavy atom. The molecule has 0 atom stereocenters. The van der Waals surface area contributed by atoms with E-state index in [1.165, 1.54) is 9.71 Å². The topological polar surface area (TPSA) is 93.5 Å². The minimum absolute atomic E-state index is 0.123. The van der Waals surface area contributed by atoms with E-state index in [1.807, 2.05) is 59.3 Å². The number of hydrogen-bond donors (Lipinski definition) is 1. The number of hydrogen-bond acceptors (Lipinski definition) is 5. The van der Waals surface area contributed by atoms with Crippen LogP contribution in [-0.2, 0) is 21.4 Å². The van der Waals surface area contributed by atoms with E-state index in [0.717, 1.165) is 5.56 Å². The summed E-state index contributed by atoms with van der Waals surface area (Å²) in [5.74, 6) is 0.216. The summed E-state index contributed by atoms with van der Waals surface area (Å²) in [4.78, 5) is 16.9. The van der Waals surface area contributed by atoms with Crippen LogP contribution in [0.15, 0.2) is 78.7 Å². The molecule has 1 aliphatic rings. The average Bonchev–Trinajstić information content (AvgIpc) is 3.38. The maximum Gasteiger partial charge on any atom is 0.236 e. The van der Waals surface area contributed by atoms with E-state index in [1.54, 1.807) is 24.7 Å². The number of carbonyl (C=O) groups excluding carboxylic acids is 1. The molecule has 0 unspecified atom stereocenters. The molecule has 1 amide bonds. The van der Waals surface area contributed by atoms with Crippen molar-refractivity contribution in [2.75, 3.05) is 25.0 Å². The summed E-state index contributed by atoms with van der Waals surface area (Å²) in [5.41, 5.74) is 1.44. The third-order valence-electron chi connectivity index (χ3n) is 5.73. The van der Waals surface area contributed by atoms with Gasteiger partial charge in [0, 0.05) is 36.8 Å². The molecule has 2 aromatic carbocycles. The van der Waals surface area contributed by atoms with Gasteiger partial charge < -0.3 is 14.6 Å². The molecule has 1 fully saturated rings. The molecule has 0 bridgehead atoms. The van der Waals surface area contributed by atoms with Gasteiger partial charge in [0.1, 0.15) is 12.4 Å². The smallest absolute Gasteiger partial charge is 0.236 e. The van der Waals surface area contributed by atoms with E-state index < -0.39 is 10.0 Å². The quantitative estimate of drug-likeness (QED) is 0.505. The summed E-state index contributed by atoms with van der Waals surface area (Å²) in [6, 6.07) is 16.6. The molecule has 0 aliphatic carbocycles. The van der Waals surface area contributed by atoms with E-state index in [-0.39, 0.29) is 11.8 Å². The number of imidazole rings is 1. The van der Waals surface area contributed by atoms with Crippen molar-refractivity contribution in [1.82, 2.24) is 13.9 Å². The number of carbonyl (C=O) groups is 1. The zero-order valence-corrected chi connectivity index (χ0v) is 19.6. The van der Waals surface area contributed by atoms with Gasteiger partial charge in [-0.15, -0.1) is 0 Å². The molecule has 2 heterocycles. The fourth-order valence-electron chi connectivity index (χ4n) is 3.80. The van der Waals surface area contributed by atoms with Crippen molar-refractivity contribution < 1.29 is 17.9 Å². The van der Waals surface area contributed by atoms with Crippen LogP contribution in [0.3, 0.4) is 0 Å². The first-order valence-electron chi connectivity index (χ1n) is 11.2. The molecule has 0 radical (unpaired) electrons. The van der Waals surface area contributed by atoms with E-state index in [0.29, 0.717) is 50.5 Å². The molecule has 1 saturated heterocycles. The Morgan fingerprint density at radius 1 is 1.09 bits per heavy atom. The minimum atomic E-state index is -3.53. The molecular formula is C25H28N4O4S. The van der Waals surface area contributed by atoms with Gasteiger partial charge in [0.2, 0.25) is 15.9 Å². The second-order valence-corrected chi connectivity index (χ2v) is 9.88. The number of amides is 1. The molecule has 8 nitrogen and oxygen atoms in total. The van der Waals surface area contributed by atoms with Crippen LogP contribution in [0.2, 0.25) is 0 Å². The highest BCUT2D eigenvalue weighted by molar-refractivity contribution is 7.92. The summed E-state index contributed by atoms with van der Waals surface area (Å²) >= 11 is 0. The van der Waals surface area contributed by atoms with Crippen molar-refractivity contribution in [3.8, 4) is 5.75 Å². The van der Waals surface area contributed by atoms with Gasteiger partial charge in [0.05, 0.1) is 18.6 Å². The van der Waals surface area contributed by atoms with Gasteiger partial charge in [0.15, 0.2) is 0 Å². The Kier molecular flexibility index (Phi) is 7.76. The molecule has 3 aromatic rings. The number of nitrogens with zero attached hydrogens (tertiary/aromatic N) is 3. The molecule has 1 aromatic heterocycles. The predicted octanol–water partition coefficient (Wildman–Crippen LogP) is 3.61. The summed E-state index contributed by atoms with van der Waals surface area (Å²) < 4.78 is 34.6. The van der Waals surface area contributed by atoms with Crippen LogP contribution in [0.5, 0.6) is 5.75 Å². The number of nitrogens with one attached hydrogen (secondary N) is 1. The largest absolute Gasteiger partial charge is 0.490 e. The lowest BCUT2D eigenvalue weighted by Crippen LogP contribution is -2.40. The average molecular weight is 481 g/mol. The summed E-state index contributed by atoms with van der Waals surface area (Å²) in [6.07, 6.45) is 7.83. The second-order valence-electron chi connectivity index (χ2n) is 8.07. The molecule has 34 heavy (non-hydrogen) atoms. The third-order valence-corrected chi connectivity index (χ3v) is 7.29. The molecule has 1 N–H and O–H groups in total. The van der Waals surface area contributed by atoms with Crippen LogP contribution >= 0.6 is 0 Å². The molecular weight excluding hydrogens is 452 g/mol. The molecule has 1 aliphatic heterocycles. The first-order chi connectivity index (χ1) is 16.5. The van der Waals surface area contributed by atoms with Gasteiger partial charge in [0.25, 0.3) is 0 Å². The standard InChI is InChI=1S/C25H28N4O4S/c30-25(27-23-8-4-5-9-24(23)33-18-17-28-16-13-26-20-28)22-10-14-29(15-11-22)34(31,32)19-12-21-6-2-1-3-7-21/h1-9,12-13,16,19-20,22H,10-11,14-15,17-18H2,(H,27,30)/b19-12-. The molecule has 178 valence electrons. The normalized spacial score (nSPS) is 15.4. The summed E-state index contributed by atoms with van der Waals surface area (Å²) in [6.45, 7) is 1.70. The number of aromatic nitrogens is 2. The highest BCUT2D eigenvalue weighted by atomic mass is 32.2. The molecule has 4 rings (SSSR count). The van der Waals surface area contributed by atoms with Crippen LogP contribution in [0.4, 0.5) is 5.69 Å². The van der Waals surface area contributed by atoms with Gasteiger partial charge in [-0.05, 0) is 36.6 Å². The van der Waals surface area contributed by atoms with Crippen molar-refractivity contribution >= 4 is 27.7 Å². The van der Waals surface area contributed by atoms with E-state index in [9.17, 15) is 13.2 Å². The Balaban J connectivity index is 1.29. The predicted molar refractivity (Wildman–Crippen MR) is 131 cm³/mol. The Morgan fingerprint density at radius 2 is 1.82 bits per heavy atom. The lowest BCUT2D eigenvalue weighted by Gasteiger charge is -2.29.